The van der Waals surface area contributed by atoms with E-state index in [0.29, 0.717) is 24.6 Å². The van der Waals surface area contributed by atoms with E-state index in [2.05, 4.69) is 4.98 Å². The maximum atomic E-state index is 12.0. The second-order valence-corrected chi connectivity index (χ2v) is 3.75. The van der Waals surface area contributed by atoms with E-state index in [9.17, 15) is 9.90 Å². The summed E-state index contributed by atoms with van der Waals surface area (Å²) in [5.74, 6) is 0.381. The zero-order chi connectivity index (χ0) is 11.9. The Kier molecular flexibility index (Phi) is 2.59. The highest BCUT2D eigenvalue weighted by molar-refractivity contribution is 5.99. The smallest absolute Gasteiger partial charge is 0.277 e. The fourth-order valence-electron chi connectivity index (χ4n) is 1.94. The summed E-state index contributed by atoms with van der Waals surface area (Å²) in [4.78, 5) is 19.2. The third-order valence-electron chi connectivity index (χ3n) is 2.92. The number of rotatable bonds is 2. The lowest BCUT2D eigenvalue weighted by atomic mass is 10.2. The van der Waals surface area contributed by atoms with Crippen LogP contribution in [0.25, 0.3) is 0 Å². The van der Waals surface area contributed by atoms with Crippen molar-refractivity contribution in [1.82, 2.24) is 14.5 Å². The van der Waals surface area contributed by atoms with Crippen molar-refractivity contribution in [3.8, 4) is 0 Å². The van der Waals surface area contributed by atoms with Crippen LogP contribution in [0.15, 0.2) is 6.33 Å². The molecule has 0 saturated heterocycles. The summed E-state index contributed by atoms with van der Waals surface area (Å²) >= 11 is 0. The van der Waals surface area contributed by atoms with Gasteiger partial charge in [0, 0.05) is 20.1 Å². The summed E-state index contributed by atoms with van der Waals surface area (Å²) in [7, 11) is 1.59. The minimum absolute atomic E-state index is 0.188. The number of amides is 1. The molecule has 0 radical (unpaired) electrons. The Morgan fingerprint density at radius 1 is 1.44 bits per heavy atom. The first kappa shape index (κ1) is 10.9. The molecule has 2 heterocycles. The lowest BCUT2D eigenvalue weighted by molar-refractivity contribution is 0.0130. The maximum Gasteiger partial charge on any atom is 0.277 e. The number of aromatic nitrogens is 2. The first-order valence-electron chi connectivity index (χ1n) is 5.38. The van der Waals surface area contributed by atoms with Crippen molar-refractivity contribution in [2.45, 2.75) is 26.7 Å². The van der Waals surface area contributed by atoms with Crippen LogP contribution in [0.3, 0.4) is 0 Å². The second-order valence-electron chi connectivity index (χ2n) is 3.75. The van der Waals surface area contributed by atoms with Gasteiger partial charge in [0.25, 0.3) is 5.91 Å². The SMILES string of the molecule is CCN1c2ncn(CC)c2C(=O)N(C)C1O. The molecule has 1 N–H and O–H groups in total. The van der Waals surface area contributed by atoms with Crippen molar-refractivity contribution in [3.05, 3.63) is 12.0 Å². The Morgan fingerprint density at radius 3 is 2.69 bits per heavy atom. The fourth-order valence-corrected chi connectivity index (χ4v) is 1.94. The molecule has 0 aromatic carbocycles. The third-order valence-corrected chi connectivity index (χ3v) is 2.92. The molecule has 1 aliphatic rings. The molecule has 1 atom stereocenters. The first-order valence-corrected chi connectivity index (χ1v) is 5.38. The number of carbonyl (C=O) groups is 1. The Labute approximate surface area is 94.1 Å². The van der Waals surface area contributed by atoms with E-state index in [-0.39, 0.29) is 5.91 Å². The van der Waals surface area contributed by atoms with Gasteiger partial charge in [0.1, 0.15) is 0 Å². The van der Waals surface area contributed by atoms with Gasteiger partial charge >= 0.3 is 0 Å². The highest BCUT2D eigenvalue weighted by Crippen LogP contribution is 2.27. The van der Waals surface area contributed by atoms with Crippen LogP contribution in [0.5, 0.6) is 0 Å². The van der Waals surface area contributed by atoms with E-state index in [1.54, 1.807) is 22.8 Å². The lowest BCUT2D eigenvalue weighted by Crippen LogP contribution is -2.54. The van der Waals surface area contributed by atoms with E-state index in [0.717, 1.165) is 0 Å². The van der Waals surface area contributed by atoms with Gasteiger partial charge in [-0.1, -0.05) is 0 Å². The second kappa shape index (κ2) is 3.79. The molecule has 1 amide bonds. The molecule has 6 nitrogen and oxygen atoms in total. The summed E-state index contributed by atoms with van der Waals surface area (Å²) < 4.78 is 1.79. The van der Waals surface area contributed by atoms with Crippen LogP contribution in [0.2, 0.25) is 0 Å². The van der Waals surface area contributed by atoms with Gasteiger partial charge in [0.05, 0.1) is 6.33 Å². The summed E-state index contributed by atoms with van der Waals surface area (Å²) in [6, 6.07) is 0. The van der Waals surface area contributed by atoms with Gasteiger partial charge in [-0.2, -0.15) is 0 Å². The number of hydrogen-bond acceptors (Lipinski definition) is 4. The molecule has 1 aliphatic heterocycles. The van der Waals surface area contributed by atoms with Crippen molar-refractivity contribution in [2.75, 3.05) is 18.5 Å². The van der Waals surface area contributed by atoms with Gasteiger partial charge in [-0.3, -0.25) is 9.69 Å². The Hall–Kier alpha value is -1.56. The number of anilines is 1. The topological polar surface area (TPSA) is 61.6 Å². The monoisotopic (exact) mass is 224 g/mol. The first-order chi connectivity index (χ1) is 7.61. The normalized spacial score (nSPS) is 20.2. The molecule has 1 unspecified atom stereocenters. The summed E-state index contributed by atoms with van der Waals surface area (Å²) in [5.41, 5.74) is 0.553. The molecule has 6 heteroatoms. The zero-order valence-corrected chi connectivity index (χ0v) is 9.71. The molecule has 16 heavy (non-hydrogen) atoms. The van der Waals surface area contributed by atoms with E-state index >= 15 is 0 Å². The third kappa shape index (κ3) is 1.30. The van der Waals surface area contributed by atoms with Gasteiger partial charge in [-0.25, -0.2) is 4.98 Å². The molecule has 0 spiro atoms. The quantitative estimate of drug-likeness (QED) is 0.773. The van der Waals surface area contributed by atoms with Gasteiger partial charge in [0.15, 0.2) is 11.5 Å². The van der Waals surface area contributed by atoms with Crippen LogP contribution in [0, 0.1) is 0 Å². The van der Waals surface area contributed by atoms with E-state index in [1.165, 1.54) is 4.90 Å². The molecule has 1 aromatic rings. The van der Waals surface area contributed by atoms with Gasteiger partial charge < -0.3 is 14.6 Å². The van der Waals surface area contributed by atoms with E-state index in [1.807, 2.05) is 13.8 Å². The number of aliphatic hydroxyl groups is 1. The number of aryl methyl sites for hydroxylation is 1. The lowest BCUT2D eigenvalue weighted by Gasteiger charge is -2.38. The maximum absolute atomic E-state index is 12.0. The summed E-state index contributed by atoms with van der Waals surface area (Å²) in [6.45, 7) is 5.17. The van der Waals surface area contributed by atoms with Crippen molar-refractivity contribution in [3.63, 3.8) is 0 Å². The predicted octanol–water partition coefficient (Wildman–Crippen LogP) is 0.0908. The zero-order valence-electron chi connectivity index (χ0n) is 9.71. The summed E-state index contributed by atoms with van der Waals surface area (Å²) in [5, 5.41) is 9.92. The number of hydrogen-bond donors (Lipinski definition) is 1. The number of carbonyl (C=O) groups excluding carboxylic acids is 1. The molecule has 0 bridgehead atoms. The molecule has 0 saturated carbocycles. The Bertz CT molecular complexity index is 415. The average molecular weight is 224 g/mol. The van der Waals surface area contributed by atoms with Crippen LogP contribution in [0.1, 0.15) is 24.3 Å². The molecule has 0 fully saturated rings. The minimum Gasteiger partial charge on any atom is -0.356 e. The molecule has 2 rings (SSSR count). The number of imidazole rings is 1. The fraction of sp³-hybridized carbons (Fsp3) is 0.600. The number of fused-ring (bicyclic) bond motifs is 1. The average Bonchev–Trinajstić information content (AvgIpc) is 2.70. The van der Waals surface area contributed by atoms with Crippen LogP contribution in [-0.2, 0) is 6.54 Å². The largest absolute Gasteiger partial charge is 0.356 e. The molecular formula is C10H16N4O2. The van der Waals surface area contributed by atoms with Crippen LogP contribution in [-0.4, -0.2) is 45.4 Å². The van der Waals surface area contributed by atoms with Crippen molar-refractivity contribution >= 4 is 11.7 Å². The van der Waals surface area contributed by atoms with Crippen molar-refractivity contribution in [2.24, 2.45) is 0 Å². The van der Waals surface area contributed by atoms with Crippen LogP contribution < -0.4 is 4.90 Å². The van der Waals surface area contributed by atoms with Gasteiger partial charge in [-0.05, 0) is 13.8 Å². The van der Waals surface area contributed by atoms with Crippen LogP contribution in [0.4, 0.5) is 5.82 Å². The number of aliphatic hydroxyl groups excluding tert-OH is 1. The van der Waals surface area contributed by atoms with Crippen LogP contribution >= 0.6 is 0 Å². The molecule has 1 aromatic heterocycles. The van der Waals surface area contributed by atoms with Crippen molar-refractivity contribution < 1.29 is 9.90 Å². The highest BCUT2D eigenvalue weighted by Gasteiger charge is 2.36. The molecule has 0 aliphatic carbocycles. The van der Waals surface area contributed by atoms with Crippen molar-refractivity contribution in [1.29, 1.82) is 0 Å². The standard InChI is InChI=1S/C10H16N4O2/c1-4-13-6-11-8-7(13)9(15)12(3)10(16)14(8)5-2/h6,10,16H,4-5H2,1-3H3. The Morgan fingerprint density at radius 2 is 2.12 bits per heavy atom. The number of nitrogens with zero attached hydrogens (tertiary/aromatic N) is 4. The Balaban J connectivity index is 2.55. The van der Waals surface area contributed by atoms with Gasteiger partial charge in [-0.15, -0.1) is 0 Å². The van der Waals surface area contributed by atoms with E-state index in [4.69, 9.17) is 0 Å². The predicted molar refractivity (Wildman–Crippen MR) is 59.0 cm³/mol. The summed E-state index contributed by atoms with van der Waals surface area (Å²) in [6.07, 6.45) is 0.710. The highest BCUT2D eigenvalue weighted by atomic mass is 16.3. The minimum atomic E-state index is -0.926. The molecular weight excluding hydrogens is 208 g/mol. The van der Waals surface area contributed by atoms with Gasteiger partial charge in [0.2, 0.25) is 6.35 Å². The van der Waals surface area contributed by atoms with E-state index < -0.39 is 6.35 Å². The molecule has 88 valence electrons.